The summed E-state index contributed by atoms with van der Waals surface area (Å²) >= 11 is 0. The Balaban J connectivity index is 2.37. The second-order valence-electron chi connectivity index (χ2n) is 4.89. The van der Waals surface area contributed by atoms with Crippen molar-refractivity contribution < 1.29 is 18.5 Å². The average molecular weight is 247 g/mol. The SMILES string of the molecule is CC(=O)C1C[C@H]1[S@@](=O)NC(=O)OC(C)(C)C. The highest BCUT2D eigenvalue weighted by Gasteiger charge is 2.46. The number of carbonyl (C=O) groups excluding carboxylic acids is 2. The molecule has 92 valence electrons. The lowest BCUT2D eigenvalue weighted by molar-refractivity contribution is -0.118. The van der Waals surface area contributed by atoms with Crippen LogP contribution in [0.5, 0.6) is 0 Å². The minimum atomic E-state index is -1.52. The van der Waals surface area contributed by atoms with E-state index in [0.717, 1.165) is 0 Å². The molecule has 0 radical (unpaired) electrons. The molecule has 0 aromatic carbocycles. The zero-order chi connectivity index (χ0) is 12.5. The maximum Gasteiger partial charge on any atom is 0.419 e. The number of amides is 1. The zero-order valence-corrected chi connectivity index (χ0v) is 10.7. The molecule has 1 unspecified atom stereocenters. The van der Waals surface area contributed by atoms with Crippen LogP contribution in [0.15, 0.2) is 0 Å². The zero-order valence-electron chi connectivity index (χ0n) is 9.90. The van der Waals surface area contributed by atoms with Gasteiger partial charge in [0.05, 0.1) is 5.25 Å². The molecule has 5 nitrogen and oxygen atoms in total. The molecule has 0 saturated heterocycles. The fourth-order valence-corrected chi connectivity index (χ4v) is 2.52. The van der Waals surface area contributed by atoms with Gasteiger partial charge in [-0.15, -0.1) is 0 Å². The molecule has 1 rings (SSSR count). The quantitative estimate of drug-likeness (QED) is 0.812. The van der Waals surface area contributed by atoms with E-state index in [9.17, 15) is 13.8 Å². The van der Waals surface area contributed by atoms with Gasteiger partial charge in [-0.3, -0.25) is 4.79 Å². The van der Waals surface area contributed by atoms with Crippen LogP contribution in [0.2, 0.25) is 0 Å². The lowest BCUT2D eigenvalue weighted by Crippen LogP contribution is -2.35. The van der Waals surface area contributed by atoms with Gasteiger partial charge in [0.2, 0.25) is 0 Å². The van der Waals surface area contributed by atoms with Crippen molar-refractivity contribution in [1.29, 1.82) is 0 Å². The van der Waals surface area contributed by atoms with E-state index >= 15 is 0 Å². The predicted octanol–water partition coefficient (Wildman–Crippen LogP) is 1.15. The van der Waals surface area contributed by atoms with E-state index in [2.05, 4.69) is 4.72 Å². The second kappa shape index (κ2) is 4.53. The maximum atomic E-state index is 11.6. The number of nitrogens with one attached hydrogen (secondary N) is 1. The molecule has 0 spiro atoms. The largest absolute Gasteiger partial charge is 0.443 e. The van der Waals surface area contributed by atoms with Crippen LogP contribution in [0.4, 0.5) is 4.79 Å². The molecule has 0 bridgehead atoms. The van der Waals surface area contributed by atoms with Crippen LogP contribution in [0.25, 0.3) is 0 Å². The Morgan fingerprint density at radius 3 is 2.31 bits per heavy atom. The monoisotopic (exact) mass is 247 g/mol. The van der Waals surface area contributed by atoms with Gasteiger partial charge in [-0.05, 0) is 34.1 Å². The molecule has 1 amide bonds. The Bertz CT molecular complexity index is 334. The number of Topliss-reactive ketones (excluding diaryl/α,β-unsaturated/α-hetero) is 1. The van der Waals surface area contributed by atoms with E-state index in [4.69, 9.17) is 4.74 Å². The number of hydrogen-bond acceptors (Lipinski definition) is 4. The van der Waals surface area contributed by atoms with Crippen molar-refractivity contribution >= 4 is 22.9 Å². The van der Waals surface area contributed by atoms with Crippen molar-refractivity contribution in [3.63, 3.8) is 0 Å². The van der Waals surface area contributed by atoms with Crippen LogP contribution in [0.1, 0.15) is 34.1 Å². The molecule has 1 N–H and O–H groups in total. The third kappa shape index (κ3) is 3.92. The summed E-state index contributed by atoms with van der Waals surface area (Å²) in [5.41, 5.74) is -0.613. The minimum absolute atomic E-state index is 0.0179. The maximum absolute atomic E-state index is 11.6. The number of ether oxygens (including phenoxy) is 1. The Kier molecular flexibility index (Phi) is 3.72. The van der Waals surface area contributed by atoms with Crippen LogP contribution in [-0.4, -0.2) is 26.9 Å². The predicted molar refractivity (Wildman–Crippen MR) is 60.1 cm³/mol. The van der Waals surface area contributed by atoms with Crippen molar-refractivity contribution in [2.75, 3.05) is 0 Å². The first-order chi connectivity index (χ1) is 7.20. The second-order valence-corrected chi connectivity index (χ2v) is 6.30. The standard InChI is InChI=1S/C10H17NO4S/c1-6(12)7-5-8(7)16(14)11-9(13)15-10(2,3)4/h7-8H,5H2,1-4H3,(H,11,13)/t7?,8-,16-/m1/s1. The van der Waals surface area contributed by atoms with Gasteiger partial charge >= 0.3 is 6.09 Å². The summed E-state index contributed by atoms with van der Waals surface area (Å²) in [7, 11) is -1.52. The normalized spacial score (nSPS) is 25.8. The fraction of sp³-hybridized carbons (Fsp3) is 0.800. The van der Waals surface area contributed by atoms with Gasteiger partial charge in [0.25, 0.3) is 0 Å². The first-order valence-corrected chi connectivity index (χ1v) is 6.32. The smallest absolute Gasteiger partial charge is 0.419 e. The summed E-state index contributed by atoms with van der Waals surface area (Å²) in [5, 5.41) is -0.245. The lowest BCUT2D eigenvalue weighted by atomic mass is 10.2. The molecular formula is C10H17NO4S. The van der Waals surface area contributed by atoms with Gasteiger partial charge in [-0.2, -0.15) is 0 Å². The summed E-state index contributed by atoms with van der Waals surface area (Å²) in [5.74, 6) is -0.153. The molecule has 1 fully saturated rings. The number of hydrogen-bond donors (Lipinski definition) is 1. The van der Waals surface area contributed by atoms with E-state index < -0.39 is 22.7 Å². The lowest BCUT2D eigenvalue weighted by Gasteiger charge is -2.19. The summed E-state index contributed by atoms with van der Waals surface area (Å²) in [6.45, 7) is 6.65. The van der Waals surface area contributed by atoms with Crippen molar-refractivity contribution in [3.05, 3.63) is 0 Å². The first-order valence-electron chi connectivity index (χ1n) is 5.11. The highest BCUT2D eigenvalue weighted by atomic mass is 32.2. The van der Waals surface area contributed by atoms with Gasteiger partial charge in [-0.25, -0.2) is 13.7 Å². The van der Waals surface area contributed by atoms with Crippen LogP contribution in [0, 0.1) is 5.92 Å². The van der Waals surface area contributed by atoms with Crippen molar-refractivity contribution in [3.8, 4) is 0 Å². The molecule has 3 atom stereocenters. The molecule has 1 aliphatic rings. The summed E-state index contributed by atoms with van der Waals surface area (Å²) in [4.78, 5) is 22.2. The molecular weight excluding hydrogens is 230 g/mol. The van der Waals surface area contributed by atoms with Crippen molar-refractivity contribution in [1.82, 2.24) is 4.72 Å². The highest BCUT2D eigenvalue weighted by molar-refractivity contribution is 7.84. The Morgan fingerprint density at radius 1 is 1.38 bits per heavy atom. The van der Waals surface area contributed by atoms with Gasteiger partial charge in [-0.1, -0.05) is 0 Å². The Hall–Kier alpha value is -0.910. The fourth-order valence-electron chi connectivity index (χ4n) is 1.29. The van der Waals surface area contributed by atoms with Crippen LogP contribution in [0.3, 0.4) is 0 Å². The van der Waals surface area contributed by atoms with E-state index in [0.29, 0.717) is 6.42 Å². The van der Waals surface area contributed by atoms with Crippen molar-refractivity contribution in [2.45, 2.75) is 45.0 Å². The highest BCUT2D eigenvalue weighted by Crippen LogP contribution is 2.35. The number of carbonyl (C=O) groups is 2. The van der Waals surface area contributed by atoms with Gasteiger partial charge in [0.1, 0.15) is 22.4 Å². The summed E-state index contributed by atoms with van der Waals surface area (Å²) < 4.78 is 18.8. The Morgan fingerprint density at radius 2 is 1.94 bits per heavy atom. The van der Waals surface area contributed by atoms with E-state index in [1.54, 1.807) is 20.8 Å². The van der Waals surface area contributed by atoms with E-state index in [1.807, 2.05) is 0 Å². The molecule has 16 heavy (non-hydrogen) atoms. The molecule has 0 aromatic rings. The average Bonchev–Trinajstić information content (AvgIpc) is 2.76. The third-order valence-corrected chi connectivity index (χ3v) is 3.55. The molecule has 0 aromatic heterocycles. The molecule has 6 heteroatoms. The van der Waals surface area contributed by atoms with E-state index in [-0.39, 0.29) is 17.0 Å². The molecule has 1 saturated carbocycles. The van der Waals surface area contributed by atoms with Crippen LogP contribution in [-0.2, 0) is 20.5 Å². The molecule has 0 heterocycles. The number of rotatable bonds is 3. The van der Waals surface area contributed by atoms with E-state index in [1.165, 1.54) is 6.92 Å². The van der Waals surface area contributed by atoms with Crippen LogP contribution >= 0.6 is 0 Å². The molecule has 1 aliphatic carbocycles. The summed E-state index contributed by atoms with van der Waals surface area (Å²) in [6.07, 6.45) is -0.127. The topological polar surface area (TPSA) is 72.5 Å². The first kappa shape index (κ1) is 13.2. The van der Waals surface area contributed by atoms with Gasteiger partial charge < -0.3 is 4.74 Å². The number of ketones is 1. The third-order valence-electron chi connectivity index (χ3n) is 2.11. The van der Waals surface area contributed by atoms with Gasteiger partial charge in [0.15, 0.2) is 0 Å². The Labute approximate surface area is 97.5 Å². The summed E-state index contributed by atoms with van der Waals surface area (Å²) in [6, 6.07) is 0. The van der Waals surface area contributed by atoms with Crippen LogP contribution < -0.4 is 4.72 Å². The molecule has 0 aliphatic heterocycles. The van der Waals surface area contributed by atoms with Gasteiger partial charge in [0, 0.05) is 5.92 Å². The van der Waals surface area contributed by atoms with Crippen molar-refractivity contribution in [2.24, 2.45) is 5.92 Å². The minimum Gasteiger partial charge on any atom is -0.443 e.